The summed E-state index contributed by atoms with van der Waals surface area (Å²) >= 11 is 0. The molecule has 0 amide bonds. The molecule has 2 aromatic rings. The van der Waals surface area contributed by atoms with Gasteiger partial charge >= 0.3 is 0 Å². The topological polar surface area (TPSA) is 60.2 Å². The molecule has 0 fully saturated rings. The Morgan fingerprint density at radius 2 is 1.76 bits per heavy atom. The zero-order valence-corrected chi connectivity index (χ0v) is 10.6. The van der Waals surface area contributed by atoms with Crippen molar-refractivity contribution in [3.05, 3.63) is 81.4 Å². The normalized spacial score (nSPS) is 10.8. The molecule has 106 valence electrons. The second-order valence-corrected chi connectivity index (χ2v) is 4.17. The number of carbonyl (C=O) groups is 1. The van der Waals surface area contributed by atoms with Crippen LogP contribution in [0.15, 0.2) is 48.5 Å². The van der Waals surface area contributed by atoms with Crippen molar-refractivity contribution in [3.63, 3.8) is 0 Å². The molecule has 0 spiro atoms. The largest absolute Gasteiger partial charge is 0.289 e. The molecule has 0 saturated heterocycles. The summed E-state index contributed by atoms with van der Waals surface area (Å²) in [5, 5.41) is 10.5. The molecule has 0 aliphatic heterocycles. The van der Waals surface area contributed by atoms with Gasteiger partial charge in [0.25, 0.3) is 5.69 Å². The monoisotopic (exact) mass is 289 g/mol. The van der Waals surface area contributed by atoms with Crippen LogP contribution in [0.4, 0.5) is 14.5 Å². The lowest BCUT2D eigenvalue weighted by Crippen LogP contribution is -1.95. The Morgan fingerprint density at radius 1 is 1.10 bits per heavy atom. The molecule has 0 aliphatic rings. The first kappa shape index (κ1) is 14.5. The summed E-state index contributed by atoms with van der Waals surface area (Å²) < 4.78 is 26.3. The Morgan fingerprint density at radius 3 is 2.38 bits per heavy atom. The van der Waals surface area contributed by atoms with Crippen molar-refractivity contribution in [2.75, 3.05) is 0 Å². The van der Waals surface area contributed by atoms with E-state index in [9.17, 15) is 23.7 Å². The van der Waals surface area contributed by atoms with Gasteiger partial charge in [-0.2, -0.15) is 0 Å². The quantitative estimate of drug-likeness (QED) is 0.372. The highest BCUT2D eigenvalue weighted by atomic mass is 19.1. The Labute approximate surface area is 118 Å². The number of nitro benzene ring substituents is 1. The molecular formula is C15H9F2NO3. The molecule has 0 heterocycles. The van der Waals surface area contributed by atoms with Crippen molar-refractivity contribution in [1.82, 2.24) is 0 Å². The summed E-state index contributed by atoms with van der Waals surface area (Å²) in [6, 6.07) is 7.90. The molecule has 0 atom stereocenters. The van der Waals surface area contributed by atoms with Gasteiger partial charge in [-0.05, 0) is 42.5 Å². The van der Waals surface area contributed by atoms with Gasteiger partial charge < -0.3 is 0 Å². The second-order valence-electron chi connectivity index (χ2n) is 4.17. The zero-order valence-electron chi connectivity index (χ0n) is 10.6. The van der Waals surface area contributed by atoms with Crippen LogP contribution < -0.4 is 0 Å². The number of hydrogen-bond donors (Lipinski definition) is 0. The smallest absolute Gasteiger partial charge is 0.269 e. The zero-order chi connectivity index (χ0) is 15.4. The van der Waals surface area contributed by atoms with Crippen LogP contribution in [0.2, 0.25) is 0 Å². The predicted molar refractivity (Wildman–Crippen MR) is 72.8 cm³/mol. The third-order valence-corrected chi connectivity index (χ3v) is 2.73. The fraction of sp³-hybridized carbons (Fsp3) is 0. The standard InChI is InChI=1S/C15H9F2NO3/c16-12-4-7-14(17)11(9-12)3-8-15(19)10-1-5-13(6-2-10)18(20)21/h1-9H. The summed E-state index contributed by atoms with van der Waals surface area (Å²) in [6.07, 6.45) is 2.24. The van der Waals surface area contributed by atoms with Gasteiger partial charge in [-0.15, -0.1) is 0 Å². The lowest BCUT2D eigenvalue weighted by Gasteiger charge is -1.98. The maximum Gasteiger partial charge on any atom is 0.269 e. The van der Waals surface area contributed by atoms with Gasteiger partial charge in [0, 0.05) is 23.3 Å². The van der Waals surface area contributed by atoms with E-state index in [4.69, 9.17) is 0 Å². The van der Waals surface area contributed by atoms with Gasteiger partial charge in [-0.25, -0.2) is 8.78 Å². The van der Waals surface area contributed by atoms with Crippen molar-refractivity contribution in [3.8, 4) is 0 Å². The van der Waals surface area contributed by atoms with Crippen LogP contribution in [0.25, 0.3) is 6.08 Å². The molecule has 0 radical (unpaired) electrons. The van der Waals surface area contributed by atoms with E-state index in [1.165, 1.54) is 24.3 Å². The van der Waals surface area contributed by atoms with E-state index in [2.05, 4.69) is 0 Å². The van der Waals surface area contributed by atoms with Crippen LogP contribution in [-0.2, 0) is 0 Å². The highest BCUT2D eigenvalue weighted by Crippen LogP contribution is 2.15. The third kappa shape index (κ3) is 3.56. The van der Waals surface area contributed by atoms with Gasteiger partial charge in [0.15, 0.2) is 5.78 Å². The number of nitrogens with zero attached hydrogens (tertiary/aromatic N) is 1. The molecule has 2 aromatic carbocycles. The first-order valence-electron chi connectivity index (χ1n) is 5.89. The molecule has 0 aliphatic carbocycles. The van der Waals surface area contributed by atoms with E-state index >= 15 is 0 Å². The Kier molecular flexibility index (Phi) is 4.18. The Bertz CT molecular complexity index is 724. The molecule has 0 saturated carbocycles. The summed E-state index contributed by atoms with van der Waals surface area (Å²) in [5.74, 6) is -1.73. The van der Waals surface area contributed by atoms with E-state index in [1.54, 1.807) is 0 Å². The van der Waals surface area contributed by atoms with Gasteiger partial charge in [0.2, 0.25) is 0 Å². The van der Waals surface area contributed by atoms with Crippen molar-refractivity contribution in [1.29, 1.82) is 0 Å². The summed E-state index contributed by atoms with van der Waals surface area (Å²) in [5.41, 5.74) is 0.0330. The maximum atomic E-state index is 13.4. The molecule has 6 heteroatoms. The van der Waals surface area contributed by atoms with Crippen molar-refractivity contribution < 1.29 is 18.5 Å². The van der Waals surface area contributed by atoms with Crippen LogP contribution in [0, 0.1) is 21.7 Å². The number of rotatable bonds is 4. The number of benzene rings is 2. The lowest BCUT2D eigenvalue weighted by atomic mass is 10.1. The number of allylic oxidation sites excluding steroid dienone is 1. The van der Waals surface area contributed by atoms with Gasteiger partial charge in [0.1, 0.15) is 11.6 Å². The molecule has 0 unspecified atom stereocenters. The van der Waals surface area contributed by atoms with Gasteiger partial charge in [-0.1, -0.05) is 0 Å². The van der Waals surface area contributed by atoms with Crippen LogP contribution in [-0.4, -0.2) is 10.7 Å². The van der Waals surface area contributed by atoms with Crippen LogP contribution >= 0.6 is 0 Å². The van der Waals surface area contributed by atoms with E-state index in [-0.39, 0.29) is 16.8 Å². The Hall–Kier alpha value is -2.89. The summed E-state index contributed by atoms with van der Waals surface area (Å²) in [7, 11) is 0. The Balaban J connectivity index is 2.19. The maximum absolute atomic E-state index is 13.4. The average Bonchev–Trinajstić information content (AvgIpc) is 2.48. The third-order valence-electron chi connectivity index (χ3n) is 2.73. The lowest BCUT2D eigenvalue weighted by molar-refractivity contribution is -0.384. The van der Waals surface area contributed by atoms with Crippen LogP contribution in [0.1, 0.15) is 15.9 Å². The number of ketones is 1. The molecule has 21 heavy (non-hydrogen) atoms. The summed E-state index contributed by atoms with van der Waals surface area (Å²) in [4.78, 5) is 21.7. The fourth-order valence-electron chi connectivity index (χ4n) is 1.65. The first-order valence-corrected chi connectivity index (χ1v) is 5.89. The summed E-state index contributed by atoms with van der Waals surface area (Å²) in [6.45, 7) is 0. The minimum atomic E-state index is -0.649. The van der Waals surface area contributed by atoms with Crippen molar-refractivity contribution in [2.45, 2.75) is 0 Å². The highest BCUT2D eigenvalue weighted by molar-refractivity contribution is 6.06. The molecular weight excluding hydrogens is 280 g/mol. The molecule has 2 rings (SSSR count). The predicted octanol–water partition coefficient (Wildman–Crippen LogP) is 3.77. The number of halogens is 2. The second kappa shape index (κ2) is 6.04. The molecule has 4 nitrogen and oxygen atoms in total. The highest BCUT2D eigenvalue weighted by Gasteiger charge is 2.07. The number of hydrogen-bond acceptors (Lipinski definition) is 3. The number of non-ortho nitro benzene ring substituents is 1. The number of carbonyl (C=O) groups excluding carboxylic acids is 1. The fourth-order valence-corrected chi connectivity index (χ4v) is 1.65. The van der Waals surface area contributed by atoms with E-state index in [1.807, 2.05) is 0 Å². The van der Waals surface area contributed by atoms with Crippen LogP contribution in [0.3, 0.4) is 0 Å². The molecule has 0 aromatic heterocycles. The molecule has 0 bridgehead atoms. The molecule has 0 N–H and O–H groups in total. The van der Waals surface area contributed by atoms with E-state index in [0.717, 1.165) is 30.4 Å². The van der Waals surface area contributed by atoms with Gasteiger partial charge in [-0.3, -0.25) is 14.9 Å². The average molecular weight is 289 g/mol. The number of nitro groups is 1. The van der Waals surface area contributed by atoms with E-state index in [0.29, 0.717) is 0 Å². The minimum Gasteiger partial charge on any atom is -0.289 e. The SMILES string of the molecule is O=C(C=Cc1cc(F)ccc1F)c1ccc([N+](=O)[O-])cc1. The van der Waals surface area contributed by atoms with Crippen molar-refractivity contribution in [2.24, 2.45) is 0 Å². The van der Waals surface area contributed by atoms with Crippen molar-refractivity contribution >= 4 is 17.5 Å². The first-order chi connectivity index (χ1) is 9.97. The van der Waals surface area contributed by atoms with Crippen LogP contribution in [0.5, 0.6) is 0 Å². The van der Waals surface area contributed by atoms with E-state index < -0.39 is 22.3 Å². The minimum absolute atomic E-state index is 0.0507. The van der Waals surface area contributed by atoms with Gasteiger partial charge in [0.05, 0.1) is 4.92 Å².